The summed E-state index contributed by atoms with van der Waals surface area (Å²) in [5, 5.41) is 4.57. The van der Waals surface area contributed by atoms with Crippen molar-refractivity contribution in [2.24, 2.45) is 0 Å². The molecule has 2 fully saturated rings. The second-order valence-corrected chi connectivity index (χ2v) is 11.8. The largest absolute Gasteiger partial charge is 0.497 e. The van der Waals surface area contributed by atoms with Gasteiger partial charge in [-0.15, -0.1) is 0 Å². The molecule has 3 atom stereocenters. The number of rotatable bonds is 8. The van der Waals surface area contributed by atoms with Crippen molar-refractivity contribution in [1.82, 2.24) is 34.7 Å². The van der Waals surface area contributed by atoms with Gasteiger partial charge < -0.3 is 34.0 Å². The number of pyridine rings is 1. The standard InChI is InChI=1S/C33H34F3N7O4/c1-45-22-7-8-25-27(15-22)43(32(41-25)33(34,35)36)17-29(44)42-11-9-20(38-21-10-12-47-18-21)14-28(42)30-37-16-26(39-30)23-13-19-5-3-4-6-24(19)40-31(23)46-2/h3-8,13,15-16,20-21,28,38H,9-12,14,17-18H2,1-2H3,(H,37,39)/t20-,21?,28-/m0/s1. The van der Waals surface area contributed by atoms with E-state index in [1.54, 1.807) is 24.3 Å². The van der Waals surface area contributed by atoms with Crippen LogP contribution in [0.3, 0.4) is 0 Å². The summed E-state index contributed by atoms with van der Waals surface area (Å²) in [5.74, 6) is -0.320. The van der Waals surface area contributed by atoms with Crippen molar-refractivity contribution in [2.45, 2.75) is 50.1 Å². The van der Waals surface area contributed by atoms with Gasteiger partial charge in [0.05, 0.1) is 60.9 Å². The summed E-state index contributed by atoms with van der Waals surface area (Å²) >= 11 is 0. The topological polar surface area (TPSA) is 119 Å². The van der Waals surface area contributed by atoms with Crippen LogP contribution >= 0.6 is 0 Å². The molecule has 2 N–H and O–H groups in total. The summed E-state index contributed by atoms with van der Waals surface area (Å²) in [6.45, 7) is 1.07. The number of piperidine rings is 1. The van der Waals surface area contributed by atoms with Crippen molar-refractivity contribution < 1.29 is 32.2 Å². The molecule has 3 aromatic heterocycles. The van der Waals surface area contributed by atoms with E-state index in [1.807, 2.05) is 30.3 Å². The molecular weight excluding hydrogens is 615 g/mol. The highest BCUT2D eigenvalue weighted by Gasteiger charge is 2.40. The van der Waals surface area contributed by atoms with Gasteiger partial charge in [-0.05, 0) is 43.5 Å². The first-order valence-electron chi connectivity index (χ1n) is 15.5. The second kappa shape index (κ2) is 12.5. The van der Waals surface area contributed by atoms with E-state index in [2.05, 4.69) is 20.3 Å². The van der Waals surface area contributed by atoms with Crippen molar-refractivity contribution in [1.29, 1.82) is 0 Å². The number of ether oxygens (including phenoxy) is 3. The zero-order valence-corrected chi connectivity index (χ0v) is 25.9. The van der Waals surface area contributed by atoms with Crippen LogP contribution in [0, 0.1) is 0 Å². The number of para-hydroxylation sites is 1. The summed E-state index contributed by atoms with van der Waals surface area (Å²) in [5.41, 5.74) is 2.41. The number of amides is 1. The number of alkyl halides is 3. The molecule has 1 amide bonds. The van der Waals surface area contributed by atoms with E-state index in [9.17, 15) is 18.0 Å². The van der Waals surface area contributed by atoms with Gasteiger partial charge in [0.1, 0.15) is 18.1 Å². The molecule has 5 heterocycles. The van der Waals surface area contributed by atoms with Crippen LogP contribution in [-0.4, -0.2) is 81.4 Å². The first-order valence-corrected chi connectivity index (χ1v) is 15.5. The Labute approximate surface area is 268 Å². The fourth-order valence-electron chi connectivity index (χ4n) is 6.60. The van der Waals surface area contributed by atoms with Gasteiger partial charge in [0.2, 0.25) is 17.6 Å². The minimum atomic E-state index is -4.77. The molecule has 7 rings (SSSR count). The van der Waals surface area contributed by atoms with E-state index in [1.165, 1.54) is 19.2 Å². The molecule has 14 heteroatoms. The number of imidazole rings is 2. The highest BCUT2D eigenvalue weighted by Crippen LogP contribution is 2.37. The lowest BCUT2D eigenvalue weighted by atomic mass is 9.95. The molecule has 11 nitrogen and oxygen atoms in total. The van der Waals surface area contributed by atoms with E-state index in [0.29, 0.717) is 61.3 Å². The lowest BCUT2D eigenvalue weighted by molar-refractivity contribution is -0.148. The number of hydrogen-bond acceptors (Lipinski definition) is 8. The van der Waals surface area contributed by atoms with Gasteiger partial charge in [0.15, 0.2) is 0 Å². The number of nitrogens with one attached hydrogen (secondary N) is 2. The smallest absolute Gasteiger partial charge is 0.449 e. The lowest BCUT2D eigenvalue weighted by Gasteiger charge is -2.40. The molecule has 5 aromatic rings. The normalized spacial score (nSPS) is 20.3. The molecule has 0 radical (unpaired) electrons. The third kappa shape index (κ3) is 6.10. The molecule has 0 spiro atoms. The first kappa shape index (κ1) is 30.9. The highest BCUT2D eigenvalue weighted by atomic mass is 19.4. The predicted molar refractivity (Wildman–Crippen MR) is 167 cm³/mol. The van der Waals surface area contributed by atoms with Crippen LogP contribution in [0.1, 0.15) is 37.0 Å². The Balaban J connectivity index is 1.23. The van der Waals surface area contributed by atoms with Crippen LogP contribution in [0.2, 0.25) is 0 Å². The van der Waals surface area contributed by atoms with Gasteiger partial charge in [-0.2, -0.15) is 13.2 Å². The predicted octanol–water partition coefficient (Wildman–Crippen LogP) is 5.12. The van der Waals surface area contributed by atoms with Gasteiger partial charge in [-0.25, -0.2) is 15.0 Å². The molecule has 0 bridgehead atoms. The van der Waals surface area contributed by atoms with Crippen molar-refractivity contribution in [2.75, 3.05) is 34.0 Å². The molecule has 2 aliphatic rings. The summed E-state index contributed by atoms with van der Waals surface area (Å²) in [6, 6.07) is 13.8. The van der Waals surface area contributed by atoms with E-state index < -0.39 is 30.5 Å². The Kier molecular flexibility index (Phi) is 8.22. The van der Waals surface area contributed by atoms with E-state index in [-0.39, 0.29) is 23.1 Å². The van der Waals surface area contributed by atoms with Crippen molar-refractivity contribution >= 4 is 27.8 Å². The summed E-state index contributed by atoms with van der Waals surface area (Å²) in [4.78, 5) is 32.2. The number of aromatic amines is 1. The Morgan fingerprint density at radius 2 is 1.91 bits per heavy atom. The van der Waals surface area contributed by atoms with Gasteiger partial charge in [-0.1, -0.05) is 18.2 Å². The average molecular weight is 650 g/mol. The number of hydrogen-bond donors (Lipinski definition) is 2. The number of benzene rings is 2. The Hall–Kier alpha value is -4.69. The molecule has 47 heavy (non-hydrogen) atoms. The molecule has 2 aromatic carbocycles. The van der Waals surface area contributed by atoms with Crippen molar-refractivity contribution in [3.63, 3.8) is 0 Å². The second-order valence-electron chi connectivity index (χ2n) is 11.8. The number of methoxy groups -OCH3 is 2. The van der Waals surface area contributed by atoms with Crippen LogP contribution < -0.4 is 14.8 Å². The van der Waals surface area contributed by atoms with Crippen molar-refractivity contribution in [3.05, 3.63) is 66.4 Å². The average Bonchev–Trinajstić information content (AvgIpc) is 3.85. The number of aromatic nitrogens is 5. The highest BCUT2D eigenvalue weighted by molar-refractivity contribution is 5.85. The molecule has 2 saturated heterocycles. The molecule has 2 aliphatic heterocycles. The third-order valence-electron chi connectivity index (χ3n) is 8.91. The number of carbonyl (C=O) groups excluding carboxylic acids is 1. The van der Waals surface area contributed by atoms with Gasteiger partial charge in [-0.3, -0.25) is 4.79 Å². The molecule has 0 saturated carbocycles. The SMILES string of the molecule is COc1ccc2nc(C(F)(F)F)n(CC(=O)N3CC[C@H](NC4CCOC4)C[C@H]3c3ncc(-c4cc5ccccc5nc4OC)[nH]3)c2c1. The molecule has 1 unspecified atom stereocenters. The first-order chi connectivity index (χ1) is 22.7. The van der Waals surface area contributed by atoms with Crippen LogP contribution in [0.4, 0.5) is 13.2 Å². The number of halogens is 3. The maximum absolute atomic E-state index is 14.2. The maximum Gasteiger partial charge on any atom is 0.449 e. The van der Waals surface area contributed by atoms with Crippen molar-refractivity contribution in [3.8, 4) is 22.9 Å². The molecule has 246 valence electrons. The molecular formula is C33H34F3N7O4. The van der Waals surface area contributed by atoms with Crippen LogP contribution in [0.15, 0.2) is 54.7 Å². The summed E-state index contributed by atoms with van der Waals surface area (Å²) < 4.78 is 59.9. The summed E-state index contributed by atoms with van der Waals surface area (Å²) in [6.07, 6.45) is -1.08. The van der Waals surface area contributed by atoms with Gasteiger partial charge in [0, 0.05) is 36.7 Å². The number of likely N-dealkylation sites (tertiary alicyclic amines) is 1. The van der Waals surface area contributed by atoms with Crippen LogP contribution in [0.25, 0.3) is 33.2 Å². The monoisotopic (exact) mass is 649 g/mol. The van der Waals surface area contributed by atoms with Crippen LogP contribution in [-0.2, 0) is 22.3 Å². The Bertz CT molecular complexity index is 1920. The minimum absolute atomic E-state index is 0.0465. The Morgan fingerprint density at radius 1 is 1.06 bits per heavy atom. The van der Waals surface area contributed by atoms with Gasteiger partial charge >= 0.3 is 6.18 Å². The number of fused-ring (bicyclic) bond motifs is 2. The summed E-state index contributed by atoms with van der Waals surface area (Å²) in [7, 11) is 2.98. The quantitative estimate of drug-likeness (QED) is 0.238. The number of nitrogens with zero attached hydrogens (tertiary/aromatic N) is 5. The van der Waals surface area contributed by atoms with E-state index in [4.69, 9.17) is 19.2 Å². The van der Waals surface area contributed by atoms with Crippen LogP contribution in [0.5, 0.6) is 11.6 Å². The number of carbonyl (C=O) groups is 1. The zero-order chi connectivity index (χ0) is 32.7. The lowest BCUT2D eigenvalue weighted by Crippen LogP contribution is -2.50. The minimum Gasteiger partial charge on any atom is -0.497 e. The maximum atomic E-state index is 14.2. The third-order valence-corrected chi connectivity index (χ3v) is 8.91. The number of H-pyrrole nitrogens is 1. The zero-order valence-electron chi connectivity index (χ0n) is 25.9. The fourth-order valence-corrected chi connectivity index (χ4v) is 6.60. The van der Waals surface area contributed by atoms with E-state index in [0.717, 1.165) is 21.9 Å². The Morgan fingerprint density at radius 3 is 2.68 bits per heavy atom. The van der Waals surface area contributed by atoms with E-state index >= 15 is 0 Å². The molecule has 0 aliphatic carbocycles. The van der Waals surface area contributed by atoms with Gasteiger partial charge in [0.25, 0.3) is 0 Å². The fraction of sp³-hybridized carbons (Fsp3) is 0.394.